The third kappa shape index (κ3) is 3.33. The molecule has 21 heavy (non-hydrogen) atoms. The number of carboxylic acids is 1. The minimum Gasteiger partial charge on any atom is -0.493 e. The quantitative estimate of drug-likeness (QED) is 0.917. The number of carbonyl (C=O) groups is 1. The molecular weight excluding hydrogens is 290 g/mol. The van der Waals surface area contributed by atoms with E-state index in [4.69, 9.17) is 19.8 Å². The Morgan fingerprint density at radius 3 is 2.71 bits per heavy atom. The van der Waals surface area contributed by atoms with Gasteiger partial charge in [0.05, 0.1) is 18.7 Å². The summed E-state index contributed by atoms with van der Waals surface area (Å²) in [4.78, 5) is 12.1. The summed E-state index contributed by atoms with van der Waals surface area (Å²) in [5.74, 6) is 0.0460. The molecule has 1 N–H and O–H groups in total. The standard InChI is InChI=1S/C15H13NO4S/c1-9-11(6-14(21-9)15(17)18)8-20-12-4-3-10(7-16)5-13(12)19-2/h3-6H,8H2,1-2H3,(H,17,18). The van der Waals surface area contributed by atoms with Crippen LogP contribution in [0.1, 0.15) is 25.7 Å². The number of hydrogen-bond acceptors (Lipinski definition) is 5. The molecule has 0 saturated heterocycles. The van der Waals surface area contributed by atoms with Crippen molar-refractivity contribution in [1.29, 1.82) is 5.26 Å². The third-order valence-corrected chi connectivity index (χ3v) is 3.99. The zero-order valence-corrected chi connectivity index (χ0v) is 12.4. The van der Waals surface area contributed by atoms with Crippen LogP contribution < -0.4 is 9.47 Å². The van der Waals surface area contributed by atoms with Gasteiger partial charge in [-0.3, -0.25) is 0 Å². The van der Waals surface area contributed by atoms with Crippen LogP contribution in [0.3, 0.4) is 0 Å². The van der Waals surface area contributed by atoms with Crippen LogP contribution in [-0.4, -0.2) is 18.2 Å². The molecule has 0 aliphatic carbocycles. The first kappa shape index (κ1) is 14.9. The van der Waals surface area contributed by atoms with Crippen LogP contribution in [0.25, 0.3) is 0 Å². The smallest absolute Gasteiger partial charge is 0.345 e. The van der Waals surface area contributed by atoms with Crippen LogP contribution in [0.15, 0.2) is 24.3 Å². The lowest BCUT2D eigenvalue weighted by Gasteiger charge is -2.10. The molecule has 2 rings (SSSR count). The second-order valence-corrected chi connectivity index (χ2v) is 5.52. The van der Waals surface area contributed by atoms with Gasteiger partial charge in [-0.05, 0) is 25.1 Å². The average molecular weight is 303 g/mol. The van der Waals surface area contributed by atoms with Crippen molar-refractivity contribution in [3.63, 3.8) is 0 Å². The summed E-state index contributed by atoms with van der Waals surface area (Å²) in [5, 5.41) is 17.8. The Balaban J connectivity index is 2.17. The van der Waals surface area contributed by atoms with E-state index in [0.29, 0.717) is 17.1 Å². The Bertz CT molecular complexity index is 715. The van der Waals surface area contributed by atoms with E-state index in [9.17, 15) is 4.79 Å². The van der Waals surface area contributed by atoms with E-state index in [-0.39, 0.29) is 11.5 Å². The molecule has 5 nitrogen and oxygen atoms in total. The van der Waals surface area contributed by atoms with Gasteiger partial charge in [0.1, 0.15) is 11.5 Å². The van der Waals surface area contributed by atoms with Crippen LogP contribution in [0, 0.1) is 18.3 Å². The Morgan fingerprint density at radius 2 is 2.14 bits per heavy atom. The number of benzene rings is 1. The fraction of sp³-hybridized carbons (Fsp3) is 0.200. The highest BCUT2D eigenvalue weighted by atomic mass is 32.1. The maximum Gasteiger partial charge on any atom is 0.345 e. The van der Waals surface area contributed by atoms with Crippen molar-refractivity contribution >= 4 is 17.3 Å². The van der Waals surface area contributed by atoms with Crippen LogP contribution in [0.5, 0.6) is 11.5 Å². The van der Waals surface area contributed by atoms with Crippen LogP contribution >= 0.6 is 11.3 Å². The maximum atomic E-state index is 10.9. The number of ether oxygens (including phenoxy) is 2. The molecule has 0 unspecified atom stereocenters. The van der Waals surface area contributed by atoms with E-state index in [1.54, 1.807) is 24.3 Å². The molecular formula is C15H13NO4S. The van der Waals surface area contributed by atoms with Gasteiger partial charge in [0.2, 0.25) is 0 Å². The highest BCUT2D eigenvalue weighted by Gasteiger charge is 2.12. The van der Waals surface area contributed by atoms with E-state index in [1.807, 2.05) is 13.0 Å². The third-order valence-electron chi connectivity index (χ3n) is 2.91. The SMILES string of the molecule is COc1cc(C#N)ccc1OCc1cc(C(=O)O)sc1C. The highest BCUT2D eigenvalue weighted by molar-refractivity contribution is 7.14. The van der Waals surface area contributed by atoms with Crippen LogP contribution in [0.4, 0.5) is 0 Å². The summed E-state index contributed by atoms with van der Waals surface area (Å²) in [5.41, 5.74) is 1.31. The summed E-state index contributed by atoms with van der Waals surface area (Å²) >= 11 is 1.22. The van der Waals surface area contributed by atoms with Crippen molar-refractivity contribution < 1.29 is 19.4 Å². The number of aromatic carboxylic acids is 1. The van der Waals surface area contributed by atoms with Gasteiger partial charge >= 0.3 is 5.97 Å². The number of thiophene rings is 1. The minimum atomic E-state index is -0.940. The van der Waals surface area contributed by atoms with E-state index in [0.717, 1.165) is 10.4 Å². The average Bonchev–Trinajstić information content (AvgIpc) is 2.86. The van der Waals surface area contributed by atoms with Gasteiger partial charge < -0.3 is 14.6 Å². The van der Waals surface area contributed by atoms with E-state index in [2.05, 4.69) is 0 Å². The Morgan fingerprint density at radius 1 is 1.38 bits per heavy atom. The summed E-state index contributed by atoms with van der Waals surface area (Å²) in [6.45, 7) is 2.10. The zero-order chi connectivity index (χ0) is 15.4. The molecule has 108 valence electrons. The van der Waals surface area contributed by atoms with E-state index < -0.39 is 5.97 Å². The van der Waals surface area contributed by atoms with Crippen molar-refractivity contribution in [1.82, 2.24) is 0 Å². The van der Waals surface area contributed by atoms with Gasteiger partial charge in [0.25, 0.3) is 0 Å². The largest absolute Gasteiger partial charge is 0.493 e. The topological polar surface area (TPSA) is 79.5 Å². The van der Waals surface area contributed by atoms with Crippen molar-refractivity contribution in [2.75, 3.05) is 7.11 Å². The molecule has 0 aliphatic heterocycles. The van der Waals surface area contributed by atoms with Crippen LogP contribution in [0.2, 0.25) is 0 Å². The molecule has 2 aromatic rings. The summed E-state index contributed by atoms with van der Waals surface area (Å²) < 4.78 is 10.8. The number of carboxylic acid groups (broad SMARTS) is 1. The molecule has 0 radical (unpaired) electrons. The first-order chi connectivity index (χ1) is 10.0. The van der Waals surface area contributed by atoms with Gasteiger partial charge in [0, 0.05) is 16.5 Å². The zero-order valence-electron chi connectivity index (χ0n) is 11.5. The number of rotatable bonds is 5. The molecule has 0 spiro atoms. The molecule has 0 saturated carbocycles. The summed E-state index contributed by atoms with van der Waals surface area (Å²) in [6.07, 6.45) is 0. The van der Waals surface area contributed by atoms with Gasteiger partial charge in [0.15, 0.2) is 11.5 Å². The van der Waals surface area contributed by atoms with Gasteiger partial charge in [-0.1, -0.05) is 0 Å². The minimum absolute atomic E-state index is 0.248. The van der Waals surface area contributed by atoms with Gasteiger partial charge in [-0.15, -0.1) is 11.3 Å². The number of nitrogens with zero attached hydrogens (tertiary/aromatic N) is 1. The first-order valence-corrected chi connectivity index (χ1v) is 6.90. The Hall–Kier alpha value is -2.52. The highest BCUT2D eigenvalue weighted by Crippen LogP contribution is 2.30. The monoisotopic (exact) mass is 303 g/mol. The number of nitriles is 1. The maximum absolute atomic E-state index is 10.9. The van der Waals surface area contributed by atoms with Gasteiger partial charge in [-0.25, -0.2) is 4.79 Å². The lowest BCUT2D eigenvalue weighted by atomic mass is 10.2. The molecule has 1 aromatic heterocycles. The Labute approximate surface area is 126 Å². The summed E-state index contributed by atoms with van der Waals surface area (Å²) in [6, 6.07) is 8.54. The van der Waals surface area contributed by atoms with E-state index in [1.165, 1.54) is 18.4 Å². The van der Waals surface area contributed by atoms with Crippen molar-refractivity contribution in [2.45, 2.75) is 13.5 Å². The molecule has 0 bridgehead atoms. The van der Waals surface area contributed by atoms with Crippen molar-refractivity contribution in [2.24, 2.45) is 0 Å². The number of hydrogen-bond donors (Lipinski definition) is 1. The normalized spacial score (nSPS) is 9.95. The van der Waals surface area contributed by atoms with Gasteiger partial charge in [-0.2, -0.15) is 5.26 Å². The van der Waals surface area contributed by atoms with Crippen molar-refractivity contribution in [3.8, 4) is 17.6 Å². The second kappa shape index (κ2) is 6.29. The van der Waals surface area contributed by atoms with Crippen molar-refractivity contribution in [3.05, 3.63) is 45.1 Å². The lowest BCUT2D eigenvalue weighted by Crippen LogP contribution is -1.98. The van der Waals surface area contributed by atoms with E-state index >= 15 is 0 Å². The predicted octanol–water partition coefficient (Wildman–Crippen LogP) is 3.21. The molecule has 1 heterocycles. The molecule has 0 atom stereocenters. The fourth-order valence-electron chi connectivity index (χ4n) is 1.78. The molecule has 6 heteroatoms. The Kier molecular flexibility index (Phi) is 4.45. The number of aryl methyl sites for hydroxylation is 1. The molecule has 0 amide bonds. The molecule has 0 fully saturated rings. The second-order valence-electron chi connectivity index (χ2n) is 4.26. The molecule has 0 aliphatic rings. The predicted molar refractivity (Wildman–Crippen MR) is 78.1 cm³/mol. The fourth-order valence-corrected chi connectivity index (χ4v) is 2.65. The van der Waals surface area contributed by atoms with Crippen LogP contribution in [-0.2, 0) is 6.61 Å². The molecule has 1 aromatic carbocycles. The first-order valence-electron chi connectivity index (χ1n) is 6.08. The number of methoxy groups -OCH3 is 1. The summed E-state index contributed by atoms with van der Waals surface area (Å²) in [7, 11) is 1.50. The lowest BCUT2D eigenvalue weighted by molar-refractivity contribution is 0.0702.